The van der Waals surface area contributed by atoms with Crippen LogP contribution in [0.4, 0.5) is 0 Å². The molecule has 1 fully saturated rings. The number of aliphatic imine (C=N–C) groups is 1. The van der Waals surface area contributed by atoms with E-state index in [1.807, 2.05) is 30.3 Å². The van der Waals surface area contributed by atoms with E-state index < -0.39 is 10.0 Å². The van der Waals surface area contributed by atoms with E-state index in [0.717, 1.165) is 18.4 Å². The highest BCUT2D eigenvalue weighted by Gasteiger charge is 2.31. The lowest BCUT2D eigenvalue weighted by molar-refractivity contribution is 0.265. The molecule has 0 amide bonds. The maximum absolute atomic E-state index is 11.8. The number of aliphatic hydroxyl groups excluding tert-OH is 1. The van der Waals surface area contributed by atoms with Crippen LogP contribution in [-0.2, 0) is 10.0 Å². The molecule has 0 saturated carbocycles. The number of benzene rings is 1. The molecule has 1 heterocycles. The molecule has 3 N–H and O–H groups in total. The molecule has 9 heteroatoms. The Morgan fingerprint density at radius 3 is 2.62 bits per heavy atom. The molecule has 7 nitrogen and oxygen atoms in total. The second kappa shape index (κ2) is 11.1. The maximum atomic E-state index is 11.8. The van der Waals surface area contributed by atoms with Gasteiger partial charge >= 0.3 is 0 Å². The number of sulfonamides is 1. The van der Waals surface area contributed by atoms with E-state index in [1.54, 1.807) is 11.4 Å². The van der Waals surface area contributed by atoms with Crippen molar-refractivity contribution in [2.45, 2.75) is 24.8 Å². The smallest absolute Gasteiger partial charge is 0.211 e. The van der Waals surface area contributed by atoms with Gasteiger partial charge in [-0.3, -0.25) is 4.99 Å². The molecule has 0 spiro atoms. The zero-order chi connectivity index (χ0) is 18.3. The van der Waals surface area contributed by atoms with Crippen LogP contribution in [0.25, 0.3) is 0 Å². The highest BCUT2D eigenvalue weighted by Crippen LogP contribution is 2.19. The van der Waals surface area contributed by atoms with E-state index >= 15 is 0 Å². The molecular formula is C17H29IN4O3S. The van der Waals surface area contributed by atoms with Crippen LogP contribution in [0.1, 0.15) is 24.3 Å². The number of rotatable bonds is 7. The number of guanidine groups is 1. The van der Waals surface area contributed by atoms with Gasteiger partial charge in [0.1, 0.15) is 0 Å². The van der Waals surface area contributed by atoms with Gasteiger partial charge in [-0.05, 0) is 18.4 Å². The average molecular weight is 496 g/mol. The summed E-state index contributed by atoms with van der Waals surface area (Å²) in [5.74, 6) is 0.577. The SMILES string of the molecule is CN=C(NCC(CO)c1ccccc1)NC[C@H]1CCCN1S(C)(=O)=O.I. The highest BCUT2D eigenvalue weighted by atomic mass is 127. The Bertz CT molecular complexity index is 670. The van der Waals surface area contributed by atoms with Gasteiger partial charge in [-0.2, -0.15) is 4.31 Å². The molecule has 26 heavy (non-hydrogen) atoms. The second-order valence-electron chi connectivity index (χ2n) is 6.29. The molecule has 148 valence electrons. The van der Waals surface area contributed by atoms with Gasteiger partial charge in [0.25, 0.3) is 0 Å². The number of nitrogens with one attached hydrogen (secondary N) is 2. The van der Waals surface area contributed by atoms with E-state index in [9.17, 15) is 13.5 Å². The first-order valence-corrected chi connectivity index (χ1v) is 10.4. The van der Waals surface area contributed by atoms with Gasteiger partial charge in [0.15, 0.2) is 5.96 Å². The van der Waals surface area contributed by atoms with Crippen molar-refractivity contribution in [1.29, 1.82) is 0 Å². The third-order valence-electron chi connectivity index (χ3n) is 4.49. The van der Waals surface area contributed by atoms with Crippen molar-refractivity contribution >= 4 is 40.0 Å². The van der Waals surface area contributed by atoms with Crippen LogP contribution in [0.2, 0.25) is 0 Å². The quantitative estimate of drug-likeness (QED) is 0.297. The zero-order valence-electron chi connectivity index (χ0n) is 15.3. The minimum absolute atomic E-state index is 0. The van der Waals surface area contributed by atoms with Crippen LogP contribution in [0.5, 0.6) is 0 Å². The van der Waals surface area contributed by atoms with Gasteiger partial charge in [-0.15, -0.1) is 24.0 Å². The second-order valence-corrected chi connectivity index (χ2v) is 8.23. The fourth-order valence-corrected chi connectivity index (χ4v) is 4.30. The van der Waals surface area contributed by atoms with E-state index in [1.165, 1.54) is 6.26 Å². The third kappa shape index (κ3) is 6.67. The monoisotopic (exact) mass is 496 g/mol. The molecular weight excluding hydrogens is 467 g/mol. The van der Waals surface area contributed by atoms with E-state index in [0.29, 0.717) is 25.6 Å². The molecule has 1 aliphatic rings. The minimum Gasteiger partial charge on any atom is -0.396 e. The van der Waals surface area contributed by atoms with Crippen LogP contribution >= 0.6 is 24.0 Å². The van der Waals surface area contributed by atoms with Crippen molar-refractivity contribution < 1.29 is 13.5 Å². The van der Waals surface area contributed by atoms with Gasteiger partial charge in [0, 0.05) is 38.6 Å². The van der Waals surface area contributed by atoms with Gasteiger partial charge in [0.2, 0.25) is 10.0 Å². The van der Waals surface area contributed by atoms with Crippen molar-refractivity contribution in [3.63, 3.8) is 0 Å². The molecule has 1 unspecified atom stereocenters. The number of nitrogens with zero attached hydrogens (tertiary/aromatic N) is 2. The van der Waals surface area contributed by atoms with Crippen molar-refractivity contribution in [3.8, 4) is 0 Å². The molecule has 2 atom stereocenters. The first-order valence-electron chi connectivity index (χ1n) is 8.53. The Hall–Kier alpha value is -0.910. The number of hydrogen-bond acceptors (Lipinski definition) is 4. The summed E-state index contributed by atoms with van der Waals surface area (Å²) in [7, 11) is -1.50. The Morgan fingerprint density at radius 1 is 1.35 bits per heavy atom. The van der Waals surface area contributed by atoms with Crippen LogP contribution < -0.4 is 10.6 Å². The molecule has 1 aromatic carbocycles. The highest BCUT2D eigenvalue weighted by molar-refractivity contribution is 14.0. The van der Waals surface area contributed by atoms with E-state index in [2.05, 4.69) is 15.6 Å². The fourth-order valence-electron chi connectivity index (χ4n) is 3.12. The topological polar surface area (TPSA) is 94.0 Å². The van der Waals surface area contributed by atoms with Gasteiger partial charge in [-0.25, -0.2) is 8.42 Å². The molecule has 1 saturated heterocycles. The lowest BCUT2D eigenvalue weighted by Crippen LogP contribution is -2.47. The summed E-state index contributed by atoms with van der Waals surface area (Å²) in [6.07, 6.45) is 2.98. The standard InChI is InChI=1S/C17H28N4O3S.HI/c1-18-17(19-11-15(13-22)14-7-4-3-5-8-14)20-12-16-9-6-10-21(16)25(2,23)24;/h3-5,7-8,15-16,22H,6,9-13H2,1-2H3,(H2,18,19,20);1H/t15?,16-;/m1./s1. The fraction of sp³-hybridized carbons (Fsp3) is 0.588. The summed E-state index contributed by atoms with van der Waals surface area (Å²) in [6, 6.07) is 9.77. The molecule has 0 radical (unpaired) electrons. The summed E-state index contributed by atoms with van der Waals surface area (Å²) in [5, 5.41) is 16.0. The minimum atomic E-state index is -3.17. The molecule has 0 bridgehead atoms. The summed E-state index contributed by atoms with van der Waals surface area (Å²) in [5.41, 5.74) is 1.06. The van der Waals surface area contributed by atoms with Gasteiger partial charge in [0.05, 0.1) is 12.9 Å². The molecule has 0 aliphatic carbocycles. The van der Waals surface area contributed by atoms with Crippen molar-refractivity contribution in [3.05, 3.63) is 35.9 Å². The predicted molar refractivity (Wildman–Crippen MR) is 116 cm³/mol. The summed E-state index contributed by atoms with van der Waals surface area (Å²) in [6.45, 7) is 1.68. The number of halogens is 1. The Labute approximate surface area is 173 Å². The Morgan fingerprint density at radius 2 is 2.04 bits per heavy atom. The predicted octanol–water partition coefficient (Wildman–Crippen LogP) is 0.969. The normalized spacial score (nSPS) is 19.7. The summed E-state index contributed by atoms with van der Waals surface area (Å²) in [4.78, 5) is 4.18. The van der Waals surface area contributed by atoms with Crippen molar-refractivity contribution in [2.75, 3.05) is 39.5 Å². The van der Waals surface area contributed by atoms with Crippen molar-refractivity contribution in [1.82, 2.24) is 14.9 Å². The average Bonchev–Trinajstić information content (AvgIpc) is 3.08. The largest absolute Gasteiger partial charge is 0.396 e. The maximum Gasteiger partial charge on any atom is 0.211 e. The lowest BCUT2D eigenvalue weighted by atomic mass is 10.0. The first kappa shape index (κ1) is 23.1. The van der Waals surface area contributed by atoms with Crippen LogP contribution in [0.15, 0.2) is 35.3 Å². The van der Waals surface area contributed by atoms with Crippen LogP contribution in [0.3, 0.4) is 0 Å². The van der Waals surface area contributed by atoms with E-state index in [4.69, 9.17) is 0 Å². The third-order valence-corrected chi connectivity index (χ3v) is 5.82. The van der Waals surface area contributed by atoms with Crippen LogP contribution in [0, 0.1) is 0 Å². The molecule has 1 aliphatic heterocycles. The van der Waals surface area contributed by atoms with Gasteiger partial charge in [-0.1, -0.05) is 30.3 Å². The zero-order valence-corrected chi connectivity index (χ0v) is 18.4. The first-order chi connectivity index (χ1) is 12.0. The van der Waals surface area contributed by atoms with Crippen molar-refractivity contribution in [2.24, 2.45) is 4.99 Å². The number of aliphatic hydroxyl groups is 1. The Balaban J connectivity index is 0.00000338. The Kier molecular flexibility index (Phi) is 9.83. The summed E-state index contributed by atoms with van der Waals surface area (Å²) >= 11 is 0. The van der Waals surface area contributed by atoms with Crippen LogP contribution in [-0.4, -0.2) is 69.4 Å². The molecule has 2 rings (SSSR count). The molecule has 0 aromatic heterocycles. The summed E-state index contributed by atoms with van der Waals surface area (Å²) < 4.78 is 25.1. The van der Waals surface area contributed by atoms with Gasteiger partial charge < -0.3 is 15.7 Å². The molecule has 1 aromatic rings. The number of hydrogen-bond donors (Lipinski definition) is 3. The van der Waals surface area contributed by atoms with E-state index in [-0.39, 0.29) is 42.5 Å². The lowest BCUT2D eigenvalue weighted by Gasteiger charge is -2.24.